The first-order valence-electron chi connectivity index (χ1n) is 23.2. The smallest absolute Gasteiger partial charge is 0.311 e. The van der Waals surface area contributed by atoms with Crippen molar-refractivity contribution < 1.29 is 66.9 Å². The summed E-state index contributed by atoms with van der Waals surface area (Å²) in [5, 5.41) is 13.1. The summed E-state index contributed by atoms with van der Waals surface area (Å²) >= 11 is 0. The van der Waals surface area contributed by atoms with Gasteiger partial charge in [0.2, 0.25) is 0 Å². The highest BCUT2D eigenvalue weighted by molar-refractivity contribution is 5.73. The highest BCUT2D eigenvalue weighted by Gasteiger charge is 2.55. The molecule has 64 heavy (non-hydrogen) atoms. The summed E-state index contributed by atoms with van der Waals surface area (Å²) in [7, 11) is 5.36. The normalized spacial score (nSPS) is 44.1. The molecule has 368 valence electrons. The Balaban J connectivity index is 1.94. The topological polar surface area (TPSA) is 170 Å². The Morgan fingerprint density at radius 1 is 0.969 bits per heavy atom. The molecule has 4 aliphatic heterocycles. The third-order valence-corrected chi connectivity index (χ3v) is 14.0. The van der Waals surface area contributed by atoms with Crippen LogP contribution in [0.3, 0.4) is 0 Å². The van der Waals surface area contributed by atoms with E-state index in [0.29, 0.717) is 25.9 Å². The molecule has 0 amide bonds. The standard InChI is InChI=1S/C48H82N2O14/c1-18-20-57-48(14)37(19-2)62-44(53)32(8)39(63-38-23-47(13,55-17)43(33(9)59-38)61-35(11)52)31(7)42(64-45-40(60-34(10)51)36(49(15)16)21-30(6)58-45)46(12,54)22-29(5)50-24-27(3)26-56-41(48)28(4)25-50/h18,28-33,36-43,45,54H,1,3,19-26H2,2,4-17H3/t28-,29+,30+,31-,32+,33-,36-,37+,38-,39-,40+,41+,42+,43-,45-,46+,47+,48+/m0/s1. The lowest BCUT2D eigenvalue weighted by Crippen LogP contribution is -2.61. The van der Waals surface area contributed by atoms with Crippen LogP contribution < -0.4 is 0 Å². The van der Waals surface area contributed by atoms with E-state index in [1.165, 1.54) is 21.0 Å². The van der Waals surface area contributed by atoms with Crippen LogP contribution in [0.5, 0.6) is 0 Å². The first kappa shape index (κ1) is 54.1. The van der Waals surface area contributed by atoms with Gasteiger partial charge in [0.1, 0.15) is 17.3 Å². The van der Waals surface area contributed by atoms with Gasteiger partial charge in [0.25, 0.3) is 0 Å². The minimum Gasteiger partial charge on any atom is -0.459 e. The number of hydrogen-bond acceptors (Lipinski definition) is 16. The Labute approximate surface area is 382 Å². The second kappa shape index (κ2) is 22.5. The van der Waals surface area contributed by atoms with Crippen molar-refractivity contribution >= 4 is 17.9 Å². The zero-order valence-electron chi connectivity index (χ0n) is 41.5. The number of methoxy groups -OCH3 is 1. The zero-order valence-corrected chi connectivity index (χ0v) is 41.5. The number of cyclic esters (lactones) is 1. The third-order valence-electron chi connectivity index (χ3n) is 14.0. The lowest BCUT2D eigenvalue weighted by atomic mass is 9.78. The van der Waals surface area contributed by atoms with E-state index in [-0.39, 0.29) is 50.2 Å². The highest BCUT2D eigenvalue weighted by Crippen LogP contribution is 2.42. The summed E-state index contributed by atoms with van der Waals surface area (Å²) in [6, 6.07) is -0.511. The van der Waals surface area contributed by atoms with E-state index in [1.807, 2.05) is 53.6 Å². The molecule has 4 saturated heterocycles. The van der Waals surface area contributed by atoms with Crippen molar-refractivity contribution in [3.05, 3.63) is 24.8 Å². The number of fused-ring (bicyclic) bond motifs is 3. The molecule has 4 heterocycles. The predicted molar refractivity (Wildman–Crippen MR) is 239 cm³/mol. The highest BCUT2D eigenvalue weighted by atomic mass is 16.7. The quantitative estimate of drug-likeness (QED) is 0.154. The average molecular weight is 911 g/mol. The second-order valence-corrected chi connectivity index (χ2v) is 19.9. The van der Waals surface area contributed by atoms with Gasteiger partial charge < -0.3 is 57.4 Å². The molecule has 4 rings (SSSR count). The van der Waals surface area contributed by atoms with Crippen molar-refractivity contribution in [1.29, 1.82) is 0 Å². The van der Waals surface area contributed by atoms with E-state index in [0.717, 1.165) is 5.57 Å². The molecule has 4 fully saturated rings. The van der Waals surface area contributed by atoms with E-state index in [1.54, 1.807) is 26.8 Å². The maximum absolute atomic E-state index is 15.0. The Morgan fingerprint density at radius 2 is 1.62 bits per heavy atom. The van der Waals surface area contributed by atoms with Gasteiger partial charge in [-0.1, -0.05) is 33.4 Å². The molecule has 16 heteroatoms. The van der Waals surface area contributed by atoms with Gasteiger partial charge in [-0.15, -0.1) is 6.58 Å². The van der Waals surface area contributed by atoms with Crippen LogP contribution in [0, 0.1) is 17.8 Å². The maximum atomic E-state index is 15.0. The Morgan fingerprint density at radius 3 is 2.20 bits per heavy atom. The molecule has 16 nitrogen and oxygen atoms in total. The first-order valence-corrected chi connectivity index (χ1v) is 23.2. The molecule has 0 aromatic rings. The van der Waals surface area contributed by atoms with Gasteiger partial charge in [-0.2, -0.15) is 0 Å². The fourth-order valence-corrected chi connectivity index (χ4v) is 10.7. The molecule has 1 unspecified atom stereocenters. The summed E-state index contributed by atoms with van der Waals surface area (Å²) < 4.78 is 64.6. The molecule has 1 N–H and O–H groups in total. The molecule has 19 atom stereocenters. The van der Waals surface area contributed by atoms with Crippen LogP contribution >= 0.6 is 0 Å². The number of carbonyl (C=O) groups excluding carboxylic acids is 3. The van der Waals surface area contributed by atoms with Crippen LogP contribution in [0.2, 0.25) is 0 Å². The second-order valence-electron chi connectivity index (χ2n) is 19.9. The minimum atomic E-state index is -1.62. The van der Waals surface area contributed by atoms with Gasteiger partial charge in [-0.25, -0.2) is 0 Å². The minimum absolute atomic E-state index is 0.124. The molecule has 0 aromatic heterocycles. The Kier molecular flexibility index (Phi) is 19.0. The summed E-state index contributed by atoms with van der Waals surface area (Å²) in [4.78, 5) is 44.1. The van der Waals surface area contributed by atoms with Crippen molar-refractivity contribution in [2.75, 3.05) is 47.5 Å². The van der Waals surface area contributed by atoms with Crippen molar-refractivity contribution in [1.82, 2.24) is 9.80 Å². The Bertz CT molecular complexity index is 1590. The van der Waals surface area contributed by atoms with E-state index < -0.39 is 102 Å². The predicted octanol–water partition coefficient (Wildman–Crippen LogP) is 5.22. The maximum Gasteiger partial charge on any atom is 0.311 e. The van der Waals surface area contributed by atoms with E-state index in [9.17, 15) is 19.5 Å². The number of ether oxygens (including phenoxy) is 10. The van der Waals surface area contributed by atoms with Crippen molar-refractivity contribution in [3.63, 3.8) is 0 Å². The van der Waals surface area contributed by atoms with Gasteiger partial charge in [0, 0.05) is 52.4 Å². The lowest BCUT2D eigenvalue weighted by Gasteiger charge is -2.49. The molecule has 4 aliphatic rings. The van der Waals surface area contributed by atoms with Gasteiger partial charge >= 0.3 is 17.9 Å². The van der Waals surface area contributed by atoms with Crippen molar-refractivity contribution in [2.24, 2.45) is 17.8 Å². The number of rotatable bonds is 12. The van der Waals surface area contributed by atoms with Crippen LogP contribution in [0.25, 0.3) is 0 Å². The van der Waals surface area contributed by atoms with Crippen LogP contribution in [-0.4, -0.2) is 171 Å². The van der Waals surface area contributed by atoms with Crippen molar-refractivity contribution in [3.8, 4) is 0 Å². The number of likely N-dealkylation sites (N-methyl/N-ethyl adjacent to an activating group) is 1. The lowest BCUT2D eigenvalue weighted by molar-refractivity contribution is -0.319. The Hall–Kier alpha value is -2.51. The average Bonchev–Trinajstić information content (AvgIpc) is 3.19. The van der Waals surface area contributed by atoms with Gasteiger partial charge in [-0.3, -0.25) is 19.3 Å². The molecule has 0 saturated carbocycles. The number of esters is 3. The SMILES string of the molecule is C=CCO[C@@]1(C)[C@@H]2OCC(=C)CN(C[C@@H]2C)[C@H](C)C[C@@](C)(O)[C@H](O[C@@H]2O[C@H](C)C[C@H](N(C)C)[C@H]2OC(C)=O)[C@@H](C)[C@H](O[C@H]2C[C@@](C)(OC)[C@@H](OC(C)=O)[C@H](C)O2)[C@@H](C)C(=O)O[C@@H]1CC. The largest absolute Gasteiger partial charge is 0.459 e. The van der Waals surface area contributed by atoms with Gasteiger partial charge in [-0.05, 0) is 93.3 Å². The summed E-state index contributed by atoms with van der Waals surface area (Å²) in [5.41, 5.74) is -2.94. The monoisotopic (exact) mass is 911 g/mol. The zero-order chi connectivity index (χ0) is 48.1. The van der Waals surface area contributed by atoms with E-state index >= 15 is 0 Å². The fourth-order valence-electron chi connectivity index (χ4n) is 10.7. The number of aliphatic hydroxyl groups is 1. The van der Waals surface area contributed by atoms with E-state index in [4.69, 9.17) is 47.4 Å². The van der Waals surface area contributed by atoms with Crippen LogP contribution in [-0.2, 0) is 61.8 Å². The summed E-state index contributed by atoms with van der Waals surface area (Å²) in [6.45, 7) is 31.4. The molecular weight excluding hydrogens is 829 g/mol. The number of carbonyl (C=O) groups is 3. The van der Waals surface area contributed by atoms with E-state index in [2.05, 4.69) is 31.9 Å². The fraction of sp³-hybridized carbons (Fsp3) is 0.854. The summed E-state index contributed by atoms with van der Waals surface area (Å²) in [6.07, 6.45) is -5.17. The molecule has 0 aromatic carbocycles. The molecule has 0 aliphatic carbocycles. The molecule has 0 radical (unpaired) electrons. The number of nitrogens with zero attached hydrogens (tertiary/aromatic N) is 2. The number of hydrogen-bond donors (Lipinski definition) is 1. The molecular formula is C48H82N2O14. The molecule has 2 bridgehead atoms. The third kappa shape index (κ3) is 12.7. The molecule has 0 spiro atoms. The first-order chi connectivity index (χ1) is 29.8. The van der Waals surface area contributed by atoms with Gasteiger partial charge in [0.15, 0.2) is 24.8 Å². The van der Waals surface area contributed by atoms with Gasteiger partial charge in [0.05, 0.1) is 61.3 Å². The van der Waals surface area contributed by atoms with Crippen LogP contribution in [0.1, 0.15) is 109 Å². The van der Waals surface area contributed by atoms with Crippen LogP contribution in [0.15, 0.2) is 24.8 Å². The summed E-state index contributed by atoms with van der Waals surface area (Å²) in [5.74, 6) is -3.48. The van der Waals surface area contributed by atoms with Crippen LogP contribution in [0.4, 0.5) is 0 Å². The van der Waals surface area contributed by atoms with Crippen molar-refractivity contribution in [2.45, 2.75) is 199 Å².